The first-order chi connectivity index (χ1) is 13.7. The van der Waals surface area contributed by atoms with E-state index in [0.29, 0.717) is 18.2 Å². The number of aliphatic hydroxyl groups is 2. The molecular weight excluding hydrogens is 463 g/mol. The van der Waals surface area contributed by atoms with Crippen molar-refractivity contribution in [3.05, 3.63) is 46.4 Å². The molecule has 6 nitrogen and oxygen atoms in total. The fourth-order valence-electron chi connectivity index (χ4n) is 2.20. The summed E-state index contributed by atoms with van der Waals surface area (Å²) in [7, 11) is -3.88. The lowest BCUT2D eigenvalue weighted by Gasteiger charge is -2.14. The van der Waals surface area contributed by atoms with Crippen molar-refractivity contribution in [2.24, 2.45) is 5.92 Å². The Morgan fingerprint density at radius 2 is 1.59 bits per heavy atom. The molecule has 0 fully saturated rings. The van der Waals surface area contributed by atoms with Gasteiger partial charge in [0.1, 0.15) is 18.5 Å². The summed E-state index contributed by atoms with van der Waals surface area (Å²) in [5, 5.41) is 18.1. The van der Waals surface area contributed by atoms with Gasteiger partial charge in [0.25, 0.3) is 0 Å². The number of sulfone groups is 1. The smallest absolute Gasteiger partial charge is 0.206 e. The number of ether oxygens (including phenoxy) is 2. The van der Waals surface area contributed by atoms with Gasteiger partial charge in [0.2, 0.25) is 9.84 Å². The lowest BCUT2D eigenvalue weighted by Crippen LogP contribution is -2.21. The molecule has 2 aromatic carbocycles. The summed E-state index contributed by atoms with van der Waals surface area (Å²) in [6.07, 6.45) is -1.11. The summed E-state index contributed by atoms with van der Waals surface area (Å²) in [5.41, 5.74) is 0. The van der Waals surface area contributed by atoms with Crippen LogP contribution in [0.2, 0.25) is 10.0 Å². The molecule has 0 aromatic heterocycles. The van der Waals surface area contributed by atoms with E-state index in [-0.39, 0.29) is 38.1 Å². The second-order valence-corrected chi connectivity index (χ2v) is 9.48. The monoisotopic (exact) mass is 482 g/mol. The topological polar surface area (TPSA) is 93.1 Å². The first-order valence-corrected chi connectivity index (χ1v) is 11.4. The Hall–Kier alpha value is -1.22. The summed E-state index contributed by atoms with van der Waals surface area (Å²) >= 11 is 18.0. The lowest BCUT2D eigenvalue weighted by molar-refractivity contribution is 0.0536. The van der Waals surface area contributed by atoms with Gasteiger partial charge >= 0.3 is 0 Å². The van der Waals surface area contributed by atoms with E-state index in [1.165, 1.54) is 24.3 Å². The maximum absolute atomic E-state index is 12.9. The van der Waals surface area contributed by atoms with E-state index in [2.05, 4.69) is 0 Å². The van der Waals surface area contributed by atoms with Gasteiger partial charge in [0.05, 0.1) is 33.0 Å². The molecule has 29 heavy (non-hydrogen) atoms. The number of benzene rings is 2. The Morgan fingerprint density at radius 1 is 1.00 bits per heavy atom. The van der Waals surface area contributed by atoms with Crippen LogP contribution in [0, 0.1) is 5.92 Å². The fourth-order valence-corrected chi connectivity index (χ4v) is 4.32. The molecule has 0 heterocycles. The molecule has 160 valence electrons. The number of aliphatic hydroxyl groups excluding tert-OH is 2. The van der Waals surface area contributed by atoms with E-state index in [1.54, 1.807) is 12.1 Å². The second kappa shape index (κ2) is 10.7. The molecule has 0 aliphatic carbocycles. The Kier molecular flexibility index (Phi) is 8.88. The van der Waals surface area contributed by atoms with Crippen LogP contribution in [-0.2, 0) is 9.84 Å². The normalized spacial score (nSPS) is 13.7. The molecule has 0 aliphatic rings. The first kappa shape index (κ1) is 24.1. The van der Waals surface area contributed by atoms with Gasteiger partial charge in [-0.05, 0) is 36.4 Å². The lowest BCUT2D eigenvalue weighted by atomic mass is 10.2. The third kappa shape index (κ3) is 6.38. The molecule has 10 heteroatoms. The molecule has 2 N–H and O–H groups in total. The van der Waals surface area contributed by atoms with Crippen molar-refractivity contribution < 1.29 is 28.1 Å². The van der Waals surface area contributed by atoms with Gasteiger partial charge < -0.3 is 19.7 Å². The van der Waals surface area contributed by atoms with Crippen molar-refractivity contribution in [1.29, 1.82) is 0 Å². The minimum absolute atomic E-state index is 0.0249. The maximum Gasteiger partial charge on any atom is 0.206 e. The van der Waals surface area contributed by atoms with Gasteiger partial charge in [-0.1, -0.05) is 30.1 Å². The predicted molar refractivity (Wildman–Crippen MR) is 112 cm³/mol. The van der Waals surface area contributed by atoms with Crippen LogP contribution in [0.4, 0.5) is 0 Å². The molecule has 0 saturated carbocycles. The van der Waals surface area contributed by atoms with Gasteiger partial charge in [0, 0.05) is 11.8 Å². The van der Waals surface area contributed by atoms with Crippen LogP contribution in [0.25, 0.3) is 0 Å². The summed E-state index contributed by atoms with van der Waals surface area (Å²) in [5.74, 6) is 1.19. The second-order valence-electron chi connectivity index (χ2n) is 6.41. The van der Waals surface area contributed by atoms with E-state index in [0.717, 1.165) is 0 Å². The summed E-state index contributed by atoms with van der Waals surface area (Å²) in [4.78, 5) is -0.0567. The third-order valence-corrected chi connectivity index (χ3v) is 6.68. The largest absolute Gasteiger partial charge is 0.493 e. The van der Waals surface area contributed by atoms with Crippen LogP contribution in [0.1, 0.15) is 6.92 Å². The molecule has 0 radical (unpaired) electrons. The van der Waals surface area contributed by atoms with Gasteiger partial charge in [0.15, 0.2) is 5.75 Å². The predicted octanol–water partition coefficient (Wildman–Crippen LogP) is 3.81. The van der Waals surface area contributed by atoms with Crippen molar-refractivity contribution in [2.45, 2.75) is 22.8 Å². The molecule has 0 saturated heterocycles. The highest BCUT2D eigenvalue weighted by molar-refractivity contribution is 7.91. The number of rotatable bonds is 10. The highest BCUT2D eigenvalue weighted by Gasteiger charge is 2.22. The fraction of sp³-hybridized carbons (Fsp3) is 0.368. The third-order valence-electron chi connectivity index (χ3n) is 3.84. The van der Waals surface area contributed by atoms with E-state index in [1.807, 2.05) is 6.92 Å². The molecule has 2 atom stereocenters. The molecule has 0 spiro atoms. The van der Waals surface area contributed by atoms with Crippen LogP contribution in [0.15, 0.2) is 46.2 Å². The summed E-state index contributed by atoms with van der Waals surface area (Å²) in [6.45, 7) is 1.63. The summed E-state index contributed by atoms with van der Waals surface area (Å²) < 4.78 is 36.6. The number of hydrogen-bond donors (Lipinski definition) is 2. The highest BCUT2D eigenvalue weighted by atomic mass is 35.5. The van der Waals surface area contributed by atoms with Crippen LogP contribution in [-0.4, -0.2) is 50.4 Å². The minimum atomic E-state index is -3.88. The van der Waals surface area contributed by atoms with Crippen LogP contribution >= 0.6 is 34.8 Å². The Bertz CT molecular complexity index is 895. The van der Waals surface area contributed by atoms with Gasteiger partial charge in [-0.2, -0.15) is 0 Å². The average Bonchev–Trinajstić information content (AvgIpc) is 2.71. The average molecular weight is 484 g/mol. The van der Waals surface area contributed by atoms with E-state index < -0.39 is 22.5 Å². The Morgan fingerprint density at radius 3 is 2.10 bits per heavy atom. The highest BCUT2D eigenvalue weighted by Crippen LogP contribution is 2.37. The van der Waals surface area contributed by atoms with Gasteiger partial charge in [-0.15, -0.1) is 11.6 Å². The molecule has 2 unspecified atom stereocenters. The SMILES string of the molecule is CC(CCl)COc1ccc(S(=O)(=O)c2cc(Cl)c(OCC(O)CO)c(Cl)c2)cc1. The molecule has 0 bridgehead atoms. The molecule has 2 rings (SSSR count). The van der Waals surface area contributed by atoms with Crippen LogP contribution in [0.5, 0.6) is 11.5 Å². The van der Waals surface area contributed by atoms with Crippen molar-refractivity contribution in [3.8, 4) is 11.5 Å². The zero-order valence-electron chi connectivity index (χ0n) is 15.5. The molecule has 2 aromatic rings. The van der Waals surface area contributed by atoms with Crippen molar-refractivity contribution >= 4 is 44.6 Å². The zero-order valence-corrected chi connectivity index (χ0v) is 18.6. The van der Waals surface area contributed by atoms with Gasteiger partial charge in [-0.3, -0.25) is 0 Å². The van der Waals surface area contributed by atoms with E-state index >= 15 is 0 Å². The number of hydrogen-bond acceptors (Lipinski definition) is 6. The molecule has 0 aliphatic heterocycles. The summed E-state index contributed by atoms with van der Waals surface area (Å²) in [6, 6.07) is 8.42. The van der Waals surface area contributed by atoms with Crippen molar-refractivity contribution in [1.82, 2.24) is 0 Å². The van der Waals surface area contributed by atoms with E-state index in [9.17, 15) is 13.5 Å². The quantitative estimate of drug-likeness (QED) is 0.499. The zero-order chi connectivity index (χ0) is 21.6. The van der Waals surface area contributed by atoms with Crippen molar-refractivity contribution in [3.63, 3.8) is 0 Å². The van der Waals surface area contributed by atoms with Crippen LogP contribution < -0.4 is 9.47 Å². The minimum Gasteiger partial charge on any atom is -0.493 e. The number of halogens is 3. The van der Waals surface area contributed by atoms with Crippen molar-refractivity contribution in [2.75, 3.05) is 25.7 Å². The maximum atomic E-state index is 12.9. The first-order valence-electron chi connectivity index (χ1n) is 8.63. The molecule has 0 amide bonds. The Labute approximate surface area is 184 Å². The number of alkyl halides is 1. The molecular formula is C19H21Cl3O6S. The Balaban J connectivity index is 2.22. The van der Waals surface area contributed by atoms with Gasteiger partial charge in [-0.25, -0.2) is 8.42 Å². The van der Waals surface area contributed by atoms with Crippen LogP contribution in [0.3, 0.4) is 0 Å². The standard InChI is InChI=1S/C19H21Cl3O6S/c1-12(8-20)10-27-14-2-4-15(5-3-14)29(25,26)16-6-17(21)19(18(22)7-16)28-11-13(24)9-23/h2-7,12-13,23-24H,8-11H2,1H3. The van der Waals surface area contributed by atoms with E-state index in [4.69, 9.17) is 49.4 Å².